The van der Waals surface area contributed by atoms with Crippen LogP contribution in [0.5, 0.6) is 0 Å². The molecule has 0 aliphatic rings. The zero-order valence-electron chi connectivity index (χ0n) is 9.55. The smallest absolute Gasteiger partial charge is 0.126 e. The molecule has 1 unspecified atom stereocenters. The van der Waals surface area contributed by atoms with E-state index in [1.165, 1.54) is 6.07 Å². The van der Waals surface area contributed by atoms with E-state index in [-0.39, 0.29) is 11.2 Å². The first-order valence-electron chi connectivity index (χ1n) is 5.34. The second-order valence-electron chi connectivity index (χ2n) is 4.04. The van der Waals surface area contributed by atoms with E-state index in [0.717, 1.165) is 11.1 Å². The molecule has 0 N–H and O–H groups in total. The lowest BCUT2D eigenvalue weighted by molar-refractivity contribution is 0.617. The van der Waals surface area contributed by atoms with Gasteiger partial charge in [0.25, 0.3) is 0 Å². The van der Waals surface area contributed by atoms with Crippen LogP contribution < -0.4 is 0 Å². The van der Waals surface area contributed by atoms with Gasteiger partial charge >= 0.3 is 0 Å². The molecule has 0 fully saturated rings. The maximum Gasteiger partial charge on any atom is 0.126 e. The van der Waals surface area contributed by atoms with Gasteiger partial charge in [-0.15, -0.1) is 11.6 Å². The molecule has 0 spiro atoms. The van der Waals surface area contributed by atoms with Gasteiger partial charge in [-0.05, 0) is 41.8 Å². The average molecular weight is 304 g/mol. The minimum absolute atomic E-state index is 0.239. The molecule has 0 saturated heterocycles. The highest BCUT2D eigenvalue weighted by Gasteiger charge is 2.13. The highest BCUT2D eigenvalue weighted by Crippen LogP contribution is 2.33. The maximum atomic E-state index is 13.2. The molecule has 2 aromatic carbocycles. The van der Waals surface area contributed by atoms with Crippen molar-refractivity contribution in [3.8, 4) is 0 Å². The van der Waals surface area contributed by atoms with Crippen LogP contribution in [0, 0.1) is 12.7 Å². The summed E-state index contributed by atoms with van der Waals surface area (Å²) in [4.78, 5) is 0. The zero-order chi connectivity index (χ0) is 13.3. The minimum atomic E-state index is -0.376. The van der Waals surface area contributed by atoms with Crippen molar-refractivity contribution in [2.45, 2.75) is 12.3 Å². The van der Waals surface area contributed by atoms with E-state index in [2.05, 4.69) is 0 Å². The summed E-state index contributed by atoms with van der Waals surface area (Å²) in [6, 6.07) is 10.0. The van der Waals surface area contributed by atoms with Crippen LogP contribution in [0.3, 0.4) is 0 Å². The molecule has 4 heteroatoms. The van der Waals surface area contributed by atoms with Crippen molar-refractivity contribution in [3.63, 3.8) is 0 Å². The topological polar surface area (TPSA) is 0 Å². The number of aryl methyl sites for hydroxylation is 1. The largest absolute Gasteiger partial charge is 0.207 e. The fourth-order valence-corrected chi connectivity index (χ4v) is 2.27. The SMILES string of the molecule is Cc1cc(C(Cl)c2ccc(Cl)c(Cl)c2)ccc1F. The second kappa shape index (κ2) is 5.48. The van der Waals surface area contributed by atoms with Crippen LogP contribution in [0.1, 0.15) is 22.1 Å². The van der Waals surface area contributed by atoms with Crippen LogP contribution in [0.15, 0.2) is 36.4 Å². The van der Waals surface area contributed by atoms with Crippen LogP contribution in [-0.4, -0.2) is 0 Å². The summed E-state index contributed by atoms with van der Waals surface area (Å²) >= 11 is 18.2. The van der Waals surface area contributed by atoms with Gasteiger partial charge in [-0.2, -0.15) is 0 Å². The maximum absolute atomic E-state index is 13.2. The van der Waals surface area contributed by atoms with E-state index in [1.807, 2.05) is 6.07 Å². The molecule has 0 nitrogen and oxygen atoms in total. The van der Waals surface area contributed by atoms with Gasteiger partial charge in [0.15, 0.2) is 0 Å². The van der Waals surface area contributed by atoms with Crippen LogP contribution in [0.2, 0.25) is 10.0 Å². The molecule has 94 valence electrons. The Hall–Kier alpha value is -0.760. The van der Waals surface area contributed by atoms with Crippen molar-refractivity contribution in [1.82, 2.24) is 0 Å². The molecule has 0 saturated carbocycles. The first-order valence-corrected chi connectivity index (χ1v) is 6.53. The molecule has 0 heterocycles. The third-order valence-corrected chi connectivity index (χ3v) is 3.95. The van der Waals surface area contributed by atoms with Crippen molar-refractivity contribution in [3.05, 3.63) is 69.0 Å². The standard InChI is InChI=1S/C14H10Cl3F/c1-8-6-9(3-5-13(8)18)14(17)10-2-4-11(15)12(16)7-10/h2-7,14H,1H3. The van der Waals surface area contributed by atoms with E-state index in [0.29, 0.717) is 15.6 Å². The van der Waals surface area contributed by atoms with Crippen molar-refractivity contribution < 1.29 is 4.39 Å². The Morgan fingerprint density at radius 3 is 2.17 bits per heavy atom. The molecular weight excluding hydrogens is 294 g/mol. The molecule has 2 aromatic rings. The second-order valence-corrected chi connectivity index (χ2v) is 5.30. The van der Waals surface area contributed by atoms with Gasteiger partial charge < -0.3 is 0 Å². The number of hydrogen-bond acceptors (Lipinski definition) is 0. The number of alkyl halides is 1. The summed E-state index contributed by atoms with van der Waals surface area (Å²) in [6.45, 7) is 1.71. The lowest BCUT2D eigenvalue weighted by Gasteiger charge is -2.12. The van der Waals surface area contributed by atoms with E-state index in [1.54, 1.807) is 31.2 Å². The zero-order valence-corrected chi connectivity index (χ0v) is 11.8. The Morgan fingerprint density at radius 2 is 1.56 bits per heavy atom. The Morgan fingerprint density at radius 1 is 0.944 bits per heavy atom. The van der Waals surface area contributed by atoms with E-state index in [4.69, 9.17) is 34.8 Å². The predicted molar refractivity (Wildman–Crippen MR) is 75.3 cm³/mol. The summed E-state index contributed by atoms with van der Waals surface area (Å²) in [5.41, 5.74) is 2.23. The molecule has 0 aliphatic carbocycles. The van der Waals surface area contributed by atoms with Crippen molar-refractivity contribution in [2.24, 2.45) is 0 Å². The summed E-state index contributed by atoms with van der Waals surface area (Å²) in [5.74, 6) is -0.239. The van der Waals surface area contributed by atoms with Gasteiger partial charge in [0, 0.05) is 0 Å². The molecule has 18 heavy (non-hydrogen) atoms. The van der Waals surface area contributed by atoms with Gasteiger partial charge in [-0.25, -0.2) is 4.39 Å². The van der Waals surface area contributed by atoms with Crippen LogP contribution in [-0.2, 0) is 0 Å². The molecule has 0 aliphatic heterocycles. The third kappa shape index (κ3) is 2.80. The van der Waals surface area contributed by atoms with E-state index >= 15 is 0 Å². The third-order valence-electron chi connectivity index (χ3n) is 2.71. The summed E-state index contributed by atoms with van der Waals surface area (Å²) in [7, 11) is 0. The quantitative estimate of drug-likeness (QED) is 0.618. The molecule has 1 atom stereocenters. The Kier molecular flexibility index (Phi) is 4.16. The molecular formula is C14H10Cl3F. The van der Waals surface area contributed by atoms with Crippen LogP contribution in [0.25, 0.3) is 0 Å². The molecule has 0 amide bonds. The predicted octanol–water partition coefficient (Wildman–Crippen LogP) is 5.77. The lowest BCUT2D eigenvalue weighted by atomic mass is 10.0. The van der Waals surface area contributed by atoms with Gasteiger partial charge in [-0.1, -0.05) is 41.4 Å². The van der Waals surface area contributed by atoms with E-state index in [9.17, 15) is 4.39 Å². The summed E-state index contributed by atoms with van der Waals surface area (Å²) in [5, 5.41) is 0.567. The van der Waals surface area contributed by atoms with Crippen LogP contribution >= 0.6 is 34.8 Å². The Bertz CT molecular complexity index is 530. The van der Waals surface area contributed by atoms with Crippen molar-refractivity contribution in [1.29, 1.82) is 0 Å². The highest BCUT2D eigenvalue weighted by atomic mass is 35.5. The Labute approximate surface area is 120 Å². The lowest BCUT2D eigenvalue weighted by Crippen LogP contribution is -1.95. The fourth-order valence-electron chi connectivity index (χ4n) is 1.69. The van der Waals surface area contributed by atoms with Gasteiger partial charge in [0.05, 0.1) is 15.4 Å². The molecule has 0 radical (unpaired) electrons. The molecule has 2 rings (SSSR count). The molecule has 0 bridgehead atoms. The van der Waals surface area contributed by atoms with E-state index < -0.39 is 0 Å². The number of hydrogen-bond donors (Lipinski definition) is 0. The fraction of sp³-hybridized carbons (Fsp3) is 0.143. The minimum Gasteiger partial charge on any atom is -0.207 e. The highest BCUT2D eigenvalue weighted by molar-refractivity contribution is 6.42. The number of halogens is 4. The van der Waals surface area contributed by atoms with Crippen molar-refractivity contribution in [2.75, 3.05) is 0 Å². The Balaban J connectivity index is 2.37. The van der Waals surface area contributed by atoms with Gasteiger partial charge in [0.1, 0.15) is 5.82 Å². The van der Waals surface area contributed by atoms with Crippen LogP contribution in [0.4, 0.5) is 4.39 Å². The summed E-state index contributed by atoms with van der Waals surface area (Å²) in [6.07, 6.45) is 0. The van der Waals surface area contributed by atoms with Crippen molar-refractivity contribution >= 4 is 34.8 Å². The first kappa shape index (κ1) is 13.7. The molecule has 0 aromatic heterocycles. The number of benzene rings is 2. The number of rotatable bonds is 2. The first-order chi connectivity index (χ1) is 8.49. The van der Waals surface area contributed by atoms with Gasteiger partial charge in [0.2, 0.25) is 0 Å². The average Bonchev–Trinajstić information content (AvgIpc) is 2.35. The van der Waals surface area contributed by atoms with Gasteiger partial charge in [-0.3, -0.25) is 0 Å². The normalized spacial score (nSPS) is 12.5. The monoisotopic (exact) mass is 302 g/mol. The summed E-state index contributed by atoms with van der Waals surface area (Å²) < 4.78 is 13.2.